The van der Waals surface area contributed by atoms with E-state index in [1.54, 1.807) is 21.0 Å². The molecular weight excluding hydrogens is 276 g/mol. The molecule has 0 amide bonds. The Labute approximate surface area is 129 Å². The quantitative estimate of drug-likeness (QED) is 0.532. The molecule has 21 heavy (non-hydrogen) atoms. The lowest BCUT2D eigenvalue weighted by atomic mass is 10.2. The lowest BCUT2D eigenvalue weighted by molar-refractivity contribution is -0.0305. The van der Waals surface area contributed by atoms with Crippen LogP contribution < -0.4 is 0 Å². The molecule has 0 spiro atoms. The highest BCUT2D eigenvalue weighted by atomic mass is 16.5. The molecule has 0 rings (SSSR count). The fourth-order valence-electron chi connectivity index (χ4n) is 1.11. The van der Waals surface area contributed by atoms with Crippen molar-refractivity contribution in [1.29, 1.82) is 0 Å². The summed E-state index contributed by atoms with van der Waals surface area (Å²) < 4.78 is 9.91. The van der Waals surface area contributed by atoms with E-state index in [9.17, 15) is 0 Å². The van der Waals surface area contributed by atoms with Crippen LogP contribution in [-0.2, 0) is 9.47 Å². The molecule has 4 atom stereocenters. The van der Waals surface area contributed by atoms with Gasteiger partial charge in [-0.2, -0.15) is 0 Å². The monoisotopic (exact) mass is 312 g/mol. The Bertz CT molecular complexity index is 174. The van der Waals surface area contributed by atoms with Crippen LogP contribution in [-0.4, -0.2) is 71.8 Å². The van der Waals surface area contributed by atoms with E-state index >= 15 is 0 Å². The molecule has 0 saturated heterocycles. The molecule has 0 aromatic heterocycles. The smallest absolute Gasteiger partial charge is 0.0828 e. The second-order valence-corrected chi connectivity index (χ2v) is 4.89. The summed E-state index contributed by atoms with van der Waals surface area (Å²) in [5, 5.41) is 33.5. The molecule has 4 unspecified atom stereocenters. The molecule has 0 aliphatic heterocycles. The van der Waals surface area contributed by atoms with Crippen molar-refractivity contribution in [1.82, 2.24) is 0 Å². The van der Waals surface area contributed by atoms with E-state index in [1.807, 2.05) is 6.92 Å². The Balaban J connectivity index is -0.000000252. The molecule has 0 fully saturated rings. The van der Waals surface area contributed by atoms with Gasteiger partial charge in [0.2, 0.25) is 0 Å². The molecule has 0 aliphatic carbocycles. The maximum absolute atomic E-state index is 9.11. The van der Waals surface area contributed by atoms with Crippen molar-refractivity contribution in [3.05, 3.63) is 0 Å². The summed E-state index contributed by atoms with van der Waals surface area (Å²) >= 11 is 0. The topological polar surface area (TPSA) is 99.4 Å². The predicted octanol–water partition coefficient (Wildman–Crippen LogP) is 0.945. The van der Waals surface area contributed by atoms with Gasteiger partial charge in [-0.15, -0.1) is 0 Å². The van der Waals surface area contributed by atoms with Crippen molar-refractivity contribution in [2.24, 2.45) is 0 Å². The van der Waals surface area contributed by atoms with Crippen LogP contribution in [0.1, 0.15) is 47.5 Å². The third-order valence-electron chi connectivity index (χ3n) is 2.15. The summed E-state index contributed by atoms with van der Waals surface area (Å²) in [7, 11) is 1.56. The zero-order valence-electron chi connectivity index (χ0n) is 14.5. The summed E-state index contributed by atoms with van der Waals surface area (Å²) in [6.45, 7) is 10.1. The molecule has 0 bridgehead atoms. The van der Waals surface area contributed by atoms with Crippen LogP contribution in [0.3, 0.4) is 0 Å². The van der Waals surface area contributed by atoms with Gasteiger partial charge in [-0.25, -0.2) is 0 Å². The first kappa shape index (κ1) is 25.7. The minimum absolute atomic E-state index is 0.0277. The summed E-state index contributed by atoms with van der Waals surface area (Å²) in [6, 6.07) is 0. The van der Waals surface area contributed by atoms with Crippen molar-refractivity contribution < 1.29 is 29.9 Å². The molecule has 6 heteroatoms. The number of hydrogen-bond donors (Lipinski definition) is 4. The lowest BCUT2D eigenvalue weighted by Crippen LogP contribution is -2.25. The SMILES string of the molecule is CC(O)CO.CCCOC(CC)C(C)O.COCC(C)O. The lowest BCUT2D eigenvalue weighted by Gasteiger charge is -2.17. The van der Waals surface area contributed by atoms with E-state index in [2.05, 4.69) is 11.7 Å². The highest BCUT2D eigenvalue weighted by molar-refractivity contribution is 4.61. The number of ether oxygens (including phenoxy) is 2. The molecule has 4 N–H and O–H groups in total. The fourth-order valence-corrected chi connectivity index (χ4v) is 1.11. The Morgan fingerprint density at radius 2 is 1.43 bits per heavy atom. The predicted molar refractivity (Wildman–Crippen MR) is 84.3 cm³/mol. The van der Waals surface area contributed by atoms with Crippen molar-refractivity contribution in [3.63, 3.8) is 0 Å². The first-order chi connectivity index (χ1) is 9.76. The van der Waals surface area contributed by atoms with Crippen LogP contribution in [0.5, 0.6) is 0 Å². The second kappa shape index (κ2) is 19.8. The summed E-state index contributed by atoms with van der Waals surface area (Å²) in [6.07, 6.45) is 0.711. The van der Waals surface area contributed by atoms with E-state index in [-0.39, 0.29) is 24.9 Å². The summed E-state index contributed by atoms with van der Waals surface area (Å²) in [4.78, 5) is 0. The maximum Gasteiger partial charge on any atom is 0.0828 e. The first-order valence-corrected chi connectivity index (χ1v) is 7.52. The molecule has 0 heterocycles. The highest BCUT2D eigenvalue weighted by Gasteiger charge is 2.11. The summed E-state index contributed by atoms with van der Waals surface area (Å²) in [5.74, 6) is 0. The van der Waals surface area contributed by atoms with Crippen LogP contribution in [0.2, 0.25) is 0 Å². The highest BCUT2D eigenvalue weighted by Crippen LogP contribution is 2.03. The van der Waals surface area contributed by atoms with E-state index in [0.29, 0.717) is 6.61 Å². The number of hydrogen-bond acceptors (Lipinski definition) is 6. The zero-order valence-corrected chi connectivity index (χ0v) is 14.5. The van der Waals surface area contributed by atoms with Crippen molar-refractivity contribution in [2.45, 2.75) is 71.9 Å². The van der Waals surface area contributed by atoms with Gasteiger partial charge in [-0.1, -0.05) is 13.8 Å². The molecule has 132 valence electrons. The van der Waals surface area contributed by atoms with Gasteiger partial charge in [0.1, 0.15) is 0 Å². The number of aliphatic hydroxyl groups excluding tert-OH is 4. The third-order valence-corrected chi connectivity index (χ3v) is 2.15. The van der Waals surface area contributed by atoms with Crippen LogP contribution in [0.15, 0.2) is 0 Å². The number of aliphatic hydroxyl groups is 4. The first-order valence-electron chi connectivity index (χ1n) is 7.52. The van der Waals surface area contributed by atoms with Gasteiger partial charge in [0.15, 0.2) is 0 Å². The Morgan fingerprint density at radius 1 is 0.952 bits per heavy atom. The van der Waals surface area contributed by atoms with Gasteiger partial charge in [-0.3, -0.25) is 0 Å². The fraction of sp³-hybridized carbons (Fsp3) is 1.00. The molecule has 0 radical (unpaired) electrons. The Morgan fingerprint density at radius 3 is 1.57 bits per heavy atom. The largest absolute Gasteiger partial charge is 0.394 e. The van der Waals surface area contributed by atoms with Gasteiger partial charge in [0.25, 0.3) is 0 Å². The minimum Gasteiger partial charge on any atom is -0.394 e. The van der Waals surface area contributed by atoms with Gasteiger partial charge in [0.05, 0.1) is 37.6 Å². The van der Waals surface area contributed by atoms with Crippen molar-refractivity contribution >= 4 is 0 Å². The van der Waals surface area contributed by atoms with E-state index in [1.165, 1.54) is 6.92 Å². The van der Waals surface area contributed by atoms with Crippen molar-refractivity contribution in [3.8, 4) is 0 Å². The zero-order chi connectivity index (χ0) is 17.3. The van der Waals surface area contributed by atoms with Gasteiger partial charge in [0, 0.05) is 13.7 Å². The van der Waals surface area contributed by atoms with Gasteiger partial charge < -0.3 is 29.9 Å². The maximum atomic E-state index is 9.11. The third kappa shape index (κ3) is 28.6. The normalized spacial score (nSPS) is 15.7. The van der Waals surface area contributed by atoms with Crippen LogP contribution in [0.4, 0.5) is 0 Å². The van der Waals surface area contributed by atoms with E-state index < -0.39 is 6.10 Å². The second-order valence-electron chi connectivity index (χ2n) is 4.89. The average molecular weight is 312 g/mol. The standard InChI is InChI=1S/C8H18O2.C4H10O2.C3H8O2/c1-4-6-10-8(5-2)7(3)9;1-4(5)3-6-2;1-3(5)2-4/h7-9H,4-6H2,1-3H3;4-5H,3H2,1-2H3;3-5H,2H2,1H3. The van der Waals surface area contributed by atoms with Gasteiger partial charge in [-0.05, 0) is 33.6 Å². The van der Waals surface area contributed by atoms with Gasteiger partial charge >= 0.3 is 0 Å². The van der Waals surface area contributed by atoms with Crippen LogP contribution in [0, 0.1) is 0 Å². The molecule has 0 aliphatic rings. The van der Waals surface area contributed by atoms with Crippen LogP contribution in [0.25, 0.3) is 0 Å². The van der Waals surface area contributed by atoms with Crippen molar-refractivity contribution in [2.75, 3.05) is 26.9 Å². The molecule has 6 nitrogen and oxygen atoms in total. The van der Waals surface area contributed by atoms with E-state index in [0.717, 1.165) is 19.4 Å². The van der Waals surface area contributed by atoms with E-state index in [4.69, 9.17) is 25.2 Å². The Hall–Kier alpha value is -0.240. The number of rotatable bonds is 8. The van der Waals surface area contributed by atoms with Crippen LogP contribution >= 0.6 is 0 Å². The molecule has 0 aromatic rings. The molecule has 0 saturated carbocycles. The number of methoxy groups -OCH3 is 1. The molecular formula is C15H36O6. The summed E-state index contributed by atoms with van der Waals surface area (Å²) in [5.41, 5.74) is 0. The minimum atomic E-state index is -0.560. The molecule has 0 aromatic carbocycles. The average Bonchev–Trinajstić information content (AvgIpc) is 2.40. The Kier molecular flexibility index (Phi) is 24.2.